The van der Waals surface area contributed by atoms with Crippen LogP contribution in [-0.2, 0) is 4.74 Å². The molecule has 0 bridgehead atoms. The van der Waals surface area contributed by atoms with Crippen LogP contribution < -0.4 is 4.74 Å². The second-order valence-electron chi connectivity index (χ2n) is 6.16. The first-order chi connectivity index (χ1) is 13.1. The number of morpholine rings is 1. The van der Waals surface area contributed by atoms with Crippen LogP contribution in [-0.4, -0.2) is 48.2 Å². The number of benzene rings is 2. The Morgan fingerprint density at radius 2 is 2.19 bits per heavy atom. The van der Waals surface area contributed by atoms with Crippen LogP contribution in [0.2, 0.25) is 0 Å². The molecule has 1 fully saturated rings. The van der Waals surface area contributed by atoms with Gasteiger partial charge in [-0.3, -0.25) is 4.79 Å². The van der Waals surface area contributed by atoms with Crippen LogP contribution in [0.3, 0.4) is 0 Å². The fourth-order valence-electron chi connectivity index (χ4n) is 2.95. The van der Waals surface area contributed by atoms with Crippen LogP contribution in [0.15, 0.2) is 41.9 Å². The second-order valence-corrected chi connectivity index (χ2v) is 7.05. The van der Waals surface area contributed by atoms with E-state index < -0.39 is 17.7 Å². The predicted octanol–water partition coefficient (Wildman–Crippen LogP) is 3.49. The van der Waals surface area contributed by atoms with Gasteiger partial charge in [-0.2, -0.15) is 0 Å². The summed E-state index contributed by atoms with van der Waals surface area (Å²) in [4.78, 5) is 18.7. The first-order valence-electron chi connectivity index (χ1n) is 8.42. The highest BCUT2D eigenvalue weighted by Gasteiger charge is 2.26. The molecular formula is C19H16F2N2O3S. The summed E-state index contributed by atoms with van der Waals surface area (Å²) in [5.41, 5.74) is 3.19. The lowest BCUT2D eigenvalue weighted by Gasteiger charge is -2.33. The normalized spacial score (nSPS) is 17.3. The Morgan fingerprint density at radius 1 is 1.30 bits per heavy atom. The number of fused-ring (bicyclic) bond motifs is 1. The van der Waals surface area contributed by atoms with Crippen molar-refractivity contribution in [3.63, 3.8) is 0 Å². The molecule has 2 heterocycles. The minimum atomic E-state index is -0.641. The van der Waals surface area contributed by atoms with Crippen LogP contribution >= 0.6 is 11.3 Å². The Hall–Kier alpha value is -2.58. The maximum Gasteiger partial charge on any atom is 0.254 e. The average Bonchev–Trinajstić information content (AvgIpc) is 3.16. The molecule has 0 radical (unpaired) electrons. The van der Waals surface area contributed by atoms with Gasteiger partial charge in [-0.25, -0.2) is 13.8 Å². The van der Waals surface area contributed by atoms with Crippen LogP contribution in [0.25, 0.3) is 10.2 Å². The van der Waals surface area contributed by atoms with E-state index in [-0.39, 0.29) is 18.3 Å². The highest BCUT2D eigenvalue weighted by atomic mass is 32.1. The number of carbonyl (C=O) groups excluding carboxylic acids is 1. The largest absolute Gasteiger partial charge is 0.488 e. The molecule has 0 spiro atoms. The third kappa shape index (κ3) is 3.91. The average molecular weight is 390 g/mol. The lowest BCUT2D eigenvalue weighted by atomic mass is 10.1. The summed E-state index contributed by atoms with van der Waals surface area (Å²) >= 11 is 1.48. The Morgan fingerprint density at radius 3 is 3.07 bits per heavy atom. The van der Waals surface area contributed by atoms with E-state index >= 15 is 0 Å². The molecule has 0 aliphatic carbocycles. The van der Waals surface area contributed by atoms with Crippen LogP contribution in [0.5, 0.6) is 5.75 Å². The molecule has 0 saturated carbocycles. The molecule has 1 aliphatic heterocycles. The molecule has 27 heavy (non-hydrogen) atoms. The molecule has 3 aromatic rings. The zero-order valence-corrected chi connectivity index (χ0v) is 15.0. The number of halogens is 2. The summed E-state index contributed by atoms with van der Waals surface area (Å²) in [7, 11) is 0. The van der Waals surface area contributed by atoms with Gasteiger partial charge in [0.1, 0.15) is 18.5 Å². The number of carbonyl (C=O) groups is 1. The van der Waals surface area contributed by atoms with E-state index in [0.717, 1.165) is 28.4 Å². The number of aromatic nitrogens is 1. The van der Waals surface area contributed by atoms with Crippen molar-refractivity contribution in [2.75, 3.05) is 26.3 Å². The molecule has 1 unspecified atom stereocenters. The molecular weight excluding hydrogens is 374 g/mol. The predicted molar refractivity (Wildman–Crippen MR) is 97.1 cm³/mol. The molecule has 0 N–H and O–H groups in total. The van der Waals surface area contributed by atoms with E-state index in [0.29, 0.717) is 25.3 Å². The van der Waals surface area contributed by atoms with Gasteiger partial charge in [-0.05, 0) is 30.3 Å². The van der Waals surface area contributed by atoms with E-state index in [9.17, 15) is 13.6 Å². The maximum atomic E-state index is 13.6. The summed E-state index contributed by atoms with van der Waals surface area (Å²) < 4.78 is 38.8. The van der Waals surface area contributed by atoms with Crippen molar-refractivity contribution in [2.24, 2.45) is 0 Å². The van der Waals surface area contributed by atoms with Gasteiger partial charge in [0, 0.05) is 18.2 Å². The summed E-state index contributed by atoms with van der Waals surface area (Å²) in [6.45, 7) is 1.16. The highest BCUT2D eigenvalue weighted by Crippen LogP contribution is 2.22. The second kappa shape index (κ2) is 7.58. The van der Waals surface area contributed by atoms with Crippen molar-refractivity contribution in [3.8, 4) is 5.75 Å². The molecule has 1 saturated heterocycles. The Kier molecular flexibility index (Phi) is 5.00. The van der Waals surface area contributed by atoms with Crippen molar-refractivity contribution in [2.45, 2.75) is 6.10 Å². The third-order valence-electron chi connectivity index (χ3n) is 4.32. The van der Waals surface area contributed by atoms with Gasteiger partial charge in [-0.1, -0.05) is 0 Å². The van der Waals surface area contributed by atoms with Crippen molar-refractivity contribution in [3.05, 3.63) is 59.1 Å². The topological polar surface area (TPSA) is 51.7 Å². The molecule has 1 aromatic heterocycles. The summed E-state index contributed by atoms with van der Waals surface area (Å²) in [6.07, 6.45) is -0.419. The fraction of sp³-hybridized carbons (Fsp3) is 0.263. The Labute approximate surface area is 158 Å². The standard InChI is InChI=1S/C19H16F2N2O3S/c20-13-2-3-15(21)17(8-13)26-10-14-9-23(5-6-25-14)19(24)12-1-4-16-18(7-12)27-11-22-16/h1-4,7-8,11,14H,5-6,9-10H2. The van der Waals surface area contributed by atoms with Crippen LogP contribution in [0.1, 0.15) is 10.4 Å². The molecule has 4 rings (SSSR count). The number of thiazole rings is 1. The summed E-state index contributed by atoms with van der Waals surface area (Å²) in [6, 6.07) is 8.45. The lowest BCUT2D eigenvalue weighted by molar-refractivity contribution is -0.0406. The molecule has 140 valence electrons. The molecule has 8 heteroatoms. The maximum absolute atomic E-state index is 13.6. The van der Waals surface area contributed by atoms with E-state index in [4.69, 9.17) is 9.47 Å². The first kappa shape index (κ1) is 17.8. The van der Waals surface area contributed by atoms with Crippen LogP contribution in [0, 0.1) is 11.6 Å². The molecule has 1 amide bonds. The number of hydrogen-bond donors (Lipinski definition) is 0. The smallest absolute Gasteiger partial charge is 0.254 e. The fourth-order valence-corrected chi connectivity index (χ4v) is 3.66. The van der Waals surface area contributed by atoms with E-state index in [2.05, 4.69) is 4.98 Å². The van der Waals surface area contributed by atoms with Gasteiger partial charge < -0.3 is 14.4 Å². The Bertz CT molecular complexity index is 978. The Balaban J connectivity index is 1.41. The molecule has 5 nitrogen and oxygen atoms in total. The van der Waals surface area contributed by atoms with E-state index in [1.807, 2.05) is 12.1 Å². The molecule has 1 aliphatic rings. The monoisotopic (exact) mass is 390 g/mol. The van der Waals surface area contributed by atoms with Gasteiger partial charge in [0.15, 0.2) is 11.6 Å². The minimum absolute atomic E-state index is 0.0258. The van der Waals surface area contributed by atoms with Crippen molar-refractivity contribution in [1.82, 2.24) is 9.88 Å². The number of amides is 1. The SMILES string of the molecule is O=C(c1ccc2ncsc2c1)N1CCOC(COc2cc(F)ccc2F)C1. The van der Waals surface area contributed by atoms with Crippen molar-refractivity contribution < 1.29 is 23.0 Å². The zero-order chi connectivity index (χ0) is 18.8. The van der Waals surface area contributed by atoms with Gasteiger partial charge >= 0.3 is 0 Å². The van der Waals surface area contributed by atoms with E-state index in [1.54, 1.807) is 16.5 Å². The number of nitrogens with zero attached hydrogens (tertiary/aromatic N) is 2. The number of hydrogen-bond acceptors (Lipinski definition) is 5. The molecule has 2 aromatic carbocycles. The number of rotatable bonds is 4. The quantitative estimate of drug-likeness (QED) is 0.684. The van der Waals surface area contributed by atoms with Crippen molar-refractivity contribution >= 4 is 27.5 Å². The number of ether oxygens (including phenoxy) is 2. The summed E-state index contributed by atoms with van der Waals surface area (Å²) in [5.74, 6) is -1.49. The van der Waals surface area contributed by atoms with Gasteiger partial charge in [0.25, 0.3) is 5.91 Å². The van der Waals surface area contributed by atoms with Gasteiger partial charge in [0.05, 0.1) is 28.9 Å². The third-order valence-corrected chi connectivity index (χ3v) is 5.11. The van der Waals surface area contributed by atoms with Crippen LogP contribution in [0.4, 0.5) is 8.78 Å². The minimum Gasteiger partial charge on any atom is -0.488 e. The summed E-state index contributed by atoms with van der Waals surface area (Å²) in [5, 5.41) is 0. The van der Waals surface area contributed by atoms with Gasteiger partial charge in [0.2, 0.25) is 0 Å². The highest BCUT2D eigenvalue weighted by molar-refractivity contribution is 7.16. The van der Waals surface area contributed by atoms with Crippen molar-refractivity contribution in [1.29, 1.82) is 0 Å². The van der Waals surface area contributed by atoms with E-state index in [1.165, 1.54) is 11.3 Å². The first-order valence-corrected chi connectivity index (χ1v) is 9.30. The zero-order valence-electron chi connectivity index (χ0n) is 14.2. The lowest BCUT2D eigenvalue weighted by Crippen LogP contribution is -2.47. The molecule has 1 atom stereocenters. The van der Waals surface area contributed by atoms with Gasteiger partial charge in [-0.15, -0.1) is 11.3 Å².